The molecule has 0 aliphatic heterocycles. The van der Waals surface area contributed by atoms with Gasteiger partial charge in [0, 0.05) is 0 Å². The van der Waals surface area contributed by atoms with E-state index >= 15 is 0 Å². The Balaban J connectivity index is 4.33. The molecule has 0 radical (unpaired) electrons. The van der Waals surface area contributed by atoms with Crippen LogP contribution in [0.1, 0.15) is 33.6 Å². The topological polar surface area (TPSA) is 52.6 Å². The zero-order valence-corrected chi connectivity index (χ0v) is 11.3. The van der Waals surface area contributed by atoms with Crippen LogP contribution in [0.5, 0.6) is 0 Å². The Bertz CT molecular complexity index is 277. The Hall–Kier alpha value is -1.58. The molecule has 0 rings (SSSR count). The first-order chi connectivity index (χ1) is 8.67. The van der Waals surface area contributed by atoms with Crippen molar-refractivity contribution in [2.24, 2.45) is 5.92 Å². The van der Waals surface area contributed by atoms with Gasteiger partial charge in [0.25, 0.3) is 0 Å². The van der Waals surface area contributed by atoms with E-state index in [1.54, 1.807) is 24.3 Å². The molecule has 0 aromatic carbocycles. The fourth-order valence-electron chi connectivity index (χ4n) is 1.27. The molecule has 102 valence electrons. The minimum atomic E-state index is -0.814. The average molecular weight is 254 g/mol. The third-order valence-corrected chi connectivity index (χ3v) is 2.26. The van der Waals surface area contributed by atoms with E-state index in [0.717, 1.165) is 6.42 Å². The fraction of sp³-hybridized carbons (Fsp3) is 0.571. The van der Waals surface area contributed by atoms with Gasteiger partial charge in [-0.1, -0.05) is 37.6 Å². The zero-order valence-electron chi connectivity index (χ0n) is 11.3. The lowest BCUT2D eigenvalue weighted by Crippen LogP contribution is -2.28. The fourth-order valence-corrected chi connectivity index (χ4v) is 1.27. The van der Waals surface area contributed by atoms with Crippen LogP contribution in [0.25, 0.3) is 0 Å². The second-order valence-electron chi connectivity index (χ2n) is 3.74. The number of rotatable bonds is 8. The van der Waals surface area contributed by atoms with Gasteiger partial charge < -0.3 is 9.47 Å². The highest BCUT2D eigenvalue weighted by Crippen LogP contribution is 2.11. The molecule has 4 heteroatoms. The van der Waals surface area contributed by atoms with Gasteiger partial charge in [-0.2, -0.15) is 0 Å². The number of esters is 2. The molecule has 0 amide bonds. The highest BCUT2D eigenvalue weighted by molar-refractivity contribution is 5.94. The second-order valence-corrected chi connectivity index (χ2v) is 3.74. The summed E-state index contributed by atoms with van der Waals surface area (Å²) in [5.41, 5.74) is 0. The summed E-state index contributed by atoms with van der Waals surface area (Å²) in [7, 11) is 0. The number of hydrogen-bond donors (Lipinski definition) is 0. The van der Waals surface area contributed by atoms with Gasteiger partial charge in [0.15, 0.2) is 5.92 Å². The minimum absolute atomic E-state index is 0.192. The van der Waals surface area contributed by atoms with Crippen molar-refractivity contribution in [1.29, 1.82) is 0 Å². The van der Waals surface area contributed by atoms with Gasteiger partial charge in [-0.05, 0) is 20.3 Å². The molecule has 18 heavy (non-hydrogen) atoms. The van der Waals surface area contributed by atoms with Gasteiger partial charge in [0.1, 0.15) is 13.2 Å². The normalized spacial score (nSPS) is 11.3. The van der Waals surface area contributed by atoms with Crippen LogP contribution in [-0.4, -0.2) is 25.2 Å². The Morgan fingerprint density at radius 3 is 1.78 bits per heavy atom. The Morgan fingerprint density at radius 1 is 1.00 bits per heavy atom. The van der Waals surface area contributed by atoms with Gasteiger partial charge in [0.2, 0.25) is 0 Å². The van der Waals surface area contributed by atoms with Crippen molar-refractivity contribution in [1.82, 2.24) is 0 Å². The Labute approximate surface area is 109 Å². The van der Waals surface area contributed by atoms with E-state index < -0.39 is 17.9 Å². The minimum Gasteiger partial charge on any atom is -0.461 e. The van der Waals surface area contributed by atoms with Crippen LogP contribution in [0.4, 0.5) is 0 Å². The molecule has 0 saturated carbocycles. The summed E-state index contributed by atoms with van der Waals surface area (Å²) < 4.78 is 9.96. The van der Waals surface area contributed by atoms with Crippen molar-refractivity contribution >= 4 is 11.9 Å². The summed E-state index contributed by atoms with van der Waals surface area (Å²) in [6.07, 6.45) is 8.17. The van der Waals surface area contributed by atoms with Crippen LogP contribution >= 0.6 is 0 Å². The molecule has 0 aliphatic rings. The van der Waals surface area contributed by atoms with Crippen molar-refractivity contribution in [2.75, 3.05) is 13.2 Å². The molecule has 4 nitrogen and oxygen atoms in total. The number of hydrogen-bond acceptors (Lipinski definition) is 4. The van der Waals surface area contributed by atoms with E-state index in [-0.39, 0.29) is 13.2 Å². The number of ether oxygens (including phenoxy) is 2. The molecule has 0 spiro atoms. The van der Waals surface area contributed by atoms with Crippen LogP contribution in [0.3, 0.4) is 0 Å². The largest absolute Gasteiger partial charge is 0.461 e. The van der Waals surface area contributed by atoms with E-state index in [1.807, 2.05) is 20.8 Å². The van der Waals surface area contributed by atoms with Gasteiger partial charge in [0.05, 0.1) is 0 Å². The first-order valence-electron chi connectivity index (χ1n) is 6.22. The molecular weight excluding hydrogens is 232 g/mol. The van der Waals surface area contributed by atoms with Gasteiger partial charge in [-0.15, -0.1) is 0 Å². The lowest BCUT2D eigenvalue weighted by molar-refractivity contribution is -0.161. The highest BCUT2D eigenvalue weighted by atomic mass is 16.6. The Morgan fingerprint density at radius 2 is 1.44 bits per heavy atom. The molecule has 0 fully saturated rings. The predicted octanol–water partition coefficient (Wildman–Crippen LogP) is 2.64. The van der Waals surface area contributed by atoms with Crippen molar-refractivity contribution in [3.05, 3.63) is 24.3 Å². The lowest BCUT2D eigenvalue weighted by atomic mass is 10.0. The van der Waals surface area contributed by atoms with Crippen molar-refractivity contribution in [2.45, 2.75) is 33.6 Å². The van der Waals surface area contributed by atoms with Crippen LogP contribution in [0, 0.1) is 5.92 Å². The van der Waals surface area contributed by atoms with Crippen molar-refractivity contribution in [3.8, 4) is 0 Å². The average Bonchev–Trinajstić information content (AvgIpc) is 2.36. The van der Waals surface area contributed by atoms with Crippen molar-refractivity contribution < 1.29 is 19.1 Å². The summed E-state index contributed by atoms with van der Waals surface area (Å²) in [6.45, 7) is 5.96. The van der Waals surface area contributed by atoms with E-state index in [0.29, 0.717) is 6.42 Å². The molecule has 0 atom stereocenters. The second kappa shape index (κ2) is 10.6. The molecule has 0 bridgehead atoms. The van der Waals surface area contributed by atoms with E-state index in [4.69, 9.17) is 9.47 Å². The van der Waals surface area contributed by atoms with Crippen LogP contribution in [0.15, 0.2) is 24.3 Å². The highest BCUT2D eigenvalue weighted by Gasteiger charge is 2.28. The van der Waals surface area contributed by atoms with Crippen LogP contribution < -0.4 is 0 Å². The summed E-state index contributed by atoms with van der Waals surface area (Å²) in [6, 6.07) is 0. The standard InChI is InChI=1S/C14H22O4/c1-4-7-10-17-13(15)12(9-6-3)14(16)18-11-8-5-2/h4-5,7-8,12H,6,9-11H2,1-3H3/b7-4+,8-5+. The van der Waals surface area contributed by atoms with E-state index in [2.05, 4.69) is 0 Å². The summed E-state index contributed by atoms with van der Waals surface area (Å²) >= 11 is 0. The lowest BCUT2D eigenvalue weighted by Gasteiger charge is -2.13. The molecule has 0 saturated heterocycles. The maximum absolute atomic E-state index is 11.7. The summed E-state index contributed by atoms with van der Waals surface area (Å²) in [5.74, 6) is -1.84. The molecule has 0 aromatic rings. The maximum Gasteiger partial charge on any atom is 0.320 e. The monoisotopic (exact) mass is 254 g/mol. The van der Waals surface area contributed by atoms with Crippen LogP contribution in [-0.2, 0) is 19.1 Å². The first-order valence-corrected chi connectivity index (χ1v) is 6.22. The van der Waals surface area contributed by atoms with Gasteiger partial charge >= 0.3 is 11.9 Å². The summed E-state index contributed by atoms with van der Waals surface area (Å²) in [5, 5.41) is 0. The van der Waals surface area contributed by atoms with Gasteiger partial charge in [-0.3, -0.25) is 9.59 Å². The zero-order chi connectivity index (χ0) is 13.8. The number of carbonyl (C=O) groups is 2. The molecule has 0 aromatic heterocycles. The molecule has 0 unspecified atom stereocenters. The summed E-state index contributed by atoms with van der Waals surface area (Å²) in [4.78, 5) is 23.4. The molecule has 0 aliphatic carbocycles. The molecule has 0 heterocycles. The third kappa shape index (κ3) is 6.89. The Kier molecular flexibility index (Phi) is 9.64. The number of carbonyl (C=O) groups excluding carboxylic acids is 2. The smallest absolute Gasteiger partial charge is 0.320 e. The first kappa shape index (κ1) is 16.4. The van der Waals surface area contributed by atoms with E-state index in [1.165, 1.54) is 0 Å². The van der Waals surface area contributed by atoms with Crippen LogP contribution in [0.2, 0.25) is 0 Å². The third-order valence-electron chi connectivity index (χ3n) is 2.26. The van der Waals surface area contributed by atoms with E-state index in [9.17, 15) is 9.59 Å². The quantitative estimate of drug-likeness (QED) is 0.379. The van der Waals surface area contributed by atoms with Gasteiger partial charge in [-0.25, -0.2) is 0 Å². The maximum atomic E-state index is 11.7. The molecular formula is C14H22O4. The predicted molar refractivity (Wildman–Crippen MR) is 69.9 cm³/mol. The van der Waals surface area contributed by atoms with Crippen molar-refractivity contribution in [3.63, 3.8) is 0 Å². The SMILES string of the molecule is C/C=C/COC(=O)C(CCC)C(=O)OC/C=C/C. The molecule has 0 N–H and O–H groups in total. The number of allylic oxidation sites excluding steroid dienone is 2.